The number of hydrogen-bond donors (Lipinski definition) is 0. The number of carbonyl (C=O) groups excluding carboxylic acids is 2. The van der Waals surface area contributed by atoms with Crippen molar-refractivity contribution in [3.63, 3.8) is 0 Å². The summed E-state index contributed by atoms with van der Waals surface area (Å²) in [6, 6.07) is 24.8. The van der Waals surface area contributed by atoms with Crippen LogP contribution in [0.4, 0.5) is 0 Å². The molecule has 0 spiro atoms. The Balaban J connectivity index is 1.49. The molecular formula is C34H30O4. The van der Waals surface area contributed by atoms with Crippen LogP contribution in [-0.2, 0) is 19.1 Å². The van der Waals surface area contributed by atoms with Gasteiger partial charge in [-0.3, -0.25) is 0 Å². The SMILES string of the molecule is C=CC(=O)OCCCC#Cc1ccc(-c2ccc(-c3ccc(C#CCCCOC(=O)C=C)cc3)cc2)cc1. The molecule has 38 heavy (non-hydrogen) atoms. The molecule has 0 radical (unpaired) electrons. The van der Waals surface area contributed by atoms with Gasteiger partial charge >= 0.3 is 11.9 Å². The first-order chi connectivity index (χ1) is 18.6. The molecule has 0 aromatic heterocycles. The second kappa shape index (κ2) is 15.3. The second-order valence-corrected chi connectivity index (χ2v) is 8.29. The van der Waals surface area contributed by atoms with Crippen molar-refractivity contribution in [2.75, 3.05) is 13.2 Å². The van der Waals surface area contributed by atoms with Crippen molar-refractivity contribution in [3.8, 4) is 45.9 Å². The van der Waals surface area contributed by atoms with E-state index in [9.17, 15) is 9.59 Å². The number of carbonyl (C=O) groups is 2. The smallest absolute Gasteiger partial charge is 0.330 e. The summed E-state index contributed by atoms with van der Waals surface area (Å²) in [4.78, 5) is 22.0. The van der Waals surface area contributed by atoms with Gasteiger partial charge in [-0.15, -0.1) is 0 Å². The van der Waals surface area contributed by atoms with E-state index in [0.29, 0.717) is 38.9 Å². The summed E-state index contributed by atoms with van der Waals surface area (Å²) < 4.78 is 9.88. The van der Waals surface area contributed by atoms with E-state index in [1.54, 1.807) is 0 Å². The zero-order valence-electron chi connectivity index (χ0n) is 21.4. The van der Waals surface area contributed by atoms with Gasteiger partial charge in [-0.05, 0) is 59.4 Å². The lowest BCUT2D eigenvalue weighted by Gasteiger charge is -2.06. The number of ether oxygens (including phenoxy) is 2. The van der Waals surface area contributed by atoms with Gasteiger partial charge in [-0.25, -0.2) is 9.59 Å². The molecular weight excluding hydrogens is 472 g/mol. The van der Waals surface area contributed by atoms with E-state index in [0.717, 1.165) is 45.5 Å². The molecule has 0 amide bonds. The molecule has 4 nitrogen and oxygen atoms in total. The average Bonchev–Trinajstić information content (AvgIpc) is 2.97. The number of unbranched alkanes of at least 4 members (excludes halogenated alkanes) is 2. The molecule has 0 atom stereocenters. The van der Waals surface area contributed by atoms with Crippen LogP contribution in [0.25, 0.3) is 22.3 Å². The maximum absolute atomic E-state index is 11.0. The maximum Gasteiger partial charge on any atom is 0.330 e. The molecule has 0 unspecified atom stereocenters. The zero-order chi connectivity index (χ0) is 27.0. The predicted octanol–water partition coefficient (Wildman–Crippen LogP) is 6.74. The molecule has 3 aromatic carbocycles. The van der Waals surface area contributed by atoms with E-state index < -0.39 is 11.9 Å². The molecule has 4 heteroatoms. The Morgan fingerprint density at radius 3 is 1.21 bits per heavy atom. The fraction of sp³-hybridized carbons (Fsp3) is 0.176. The summed E-state index contributed by atoms with van der Waals surface area (Å²) in [6.07, 6.45) is 5.04. The van der Waals surface area contributed by atoms with Gasteiger partial charge in [-0.1, -0.05) is 85.4 Å². The summed E-state index contributed by atoms with van der Waals surface area (Å²) in [5, 5.41) is 0. The Labute approximate surface area is 225 Å². The van der Waals surface area contributed by atoms with Crippen LogP contribution >= 0.6 is 0 Å². The van der Waals surface area contributed by atoms with Gasteiger partial charge in [0.25, 0.3) is 0 Å². The minimum absolute atomic E-state index is 0.352. The van der Waals surface area contributed by atoms with E-state index in [2.05, 4.69) is 85.4 Å². The van der Waals surface area contributed by atoms with E-state index in [1.807, 2.05) is 24.3 Å². The van der Waals surface area contributed by atoms with Crippen molar-refractivity contribution in [1.82, 2.24) is 0 Å². The zero-order valence-corrected chi connectivity index (χ0v) is 21.4. The monoisotopic (exact) mass is 502 g/mol. The first kappa shape index (κ1) is 27.8. The number of esters is 2. The minimum atomic E-state index is -0.403. The molecule has 0 saturated carbocycles. The van der Waals surface area contributed by atoms with Crippen LogP contribution in [0.2, 0.25) is 0 Å². The lowest BCUT2D eigenvalue weighted by atomic mass is 9.99. The largest absolute Gasteiger partial charge is 0.463 e. The Bertz CT molecular complexity index is 1250. The molecule has 3 rings (SSSR count). The van der Waals surface area contributed by atoms with Gasteiger partial charge in [-0.2, -0.15) is 0 Å². The highest BCUT2D eigenvalue weighted by molar-refractivity contribution is 5.81. The first-order valence-electron chi connectivity index (χ1n) is 12.5. The standard InChI is InChI=1S/C34H30O4/c1-3-33(35)37-25-9-5-7-11-27-13-17-29(18-14-27)31-21-23-32(24-22-31)30-19-15-28(16-20-30)12-8-6-10-26-38-34(36)4-2/h3-4,13-24H,1-2,5-6,9-10,25-26H2. The van der Waals surface area contributed by atoms with Gasteiger partial charge < -0.3 is 9.47 Å². The quantitative estimate of drug-likeness (QED) is 0.133. The van der Waals surface area contributed by atoms with Crippen LogP contribution in [0.3, 0.4) is 0 Å². The molecule has 0 N–H and O–H groups in total. The number of benzene rings is 3. The highest BCUT2D eigenvalue weighted by Gasteiger charge is 2.01. The van der Waals surface area contributed by atoms with Gasteiger partial charge in [0.2, 0.25) is 0 Å². The third kappa shape index (κ3) is 9.34. The molecule has 0 aliphatic carbocycles. The Morgan fingerprint density at radius 2 is 0.895 bits per heavy atom. The third-order valence-corrected chi connectivity index (χ3v) is 5.50. The van der Waals surface area contributed by atoms with Crippen molar-refractivity contribution in [2.24, 2.45) is 0 Å². The summed E-state index contributed by atoms with van der Waals surface area (Å²) in [6.45, 7) is 7.44. The van der Waals surface area contributed by atoms with Crippen LogP contribution in [0.15, 0.2) is 98.1 Å². The fourth-order valence-corrected chi connectivity index (χ4v) is 3.46. The van der Waals surface area contributed by atoms with Gasteiger partial charge in [0.15, 0.2) is 0 Å². The second-order valence-electron chi connectivity index (χ2n) is 8.29. The van der Waals surface area contributed by atoms with Crippen molar-refractivity contribution in [2.45, 2.75) is 25.7 Å². The van der Waals surface area contributed by atoms with Crippen LogP contribution in [0.1, 0.15) is 36.8 Å². The van der Waals surface area contributed by atoms with E-state index in [-0.39, 0.29) is 0 Å². The molecule has 0 aliphatic rings. The van der Waals surface area contributed by atoms with Gasteiger partial charge in [0.05, 0.1) is 13.2 Å². The minimum Gasteiger partial charge on any atom is -0.463 e. The van der Waals surface area contributed by atoms with Crippen LogP contribution in [0.5, 0.6) is 0 Å². The Hall–Kier alpha value is -4.80. The highest BCUT2D eigenvalue weighted by atomic mass is 16.5. The molecule has 190 valence electrons. The predicted molar refractivity (Wildman–Crippen MR) is 152 cm³/mol. The molecule has 3 aromatic rings. The van der Waals surface area contributed by atoms with Crippen molar-refractivity contribution in [1.29, 1.82) is 0 Å². The molecule has 0 saturated heterocycles. The van der Waals surface area contributed by atoms with E-state index in [4.69, 9.17) is 9.47 Å². The summed E-state index contributed by atoms with van der Waals surface area (Å²) in [5.74, 6) is 11.7. The number of hydrogen-bond acceptors (Lipinski definition) is 4. The van der Waals surface area contributed by atoms with Crippen molar-refractivity contribution in [3.05, 3.63) is 109 Å². The Morgan fingerprint density at radius 1 is 0.579 bits per heavy atom. The van der Waals surface area contributed by atoms with Crippen LogP contribution < -0.4 is 0 Å². The number of rotatable bonds is 10. The van der Waals surface area contributed by atoms with Crippen molar-refractivity contribution >= 4 is 11.9 Å². The van der Waals surface area contributed by atoms with Crippen LogP contribution in [-0.4, -0.2) is 25.2 Å². The van der Waals surface area contributed by atoms with Gasteiger partial charge in [0, 0.05) is 36.1 Å². The van der Waals surface area contributed by atoms with Crippen LogP contribution in [0, 0.1) is 23.7 Å². The fourth-order valence-electron chi connectivity index (χ4n) is 3.46. The molecule has 0 heterocycles. The Kier molecular flexibility index (Phi) is 11.2. The topological polar surface area (TPSA) is 52.6 Å². The van der Waals surface area contributed by atoms with E-state index >= 15 is 0 Å². The summed E-state index contributed by atoms with van der Waals surface area (Å²) in [7, 11) is 0. The first-order valence-corrected chi connectivity index (χ1v) is 12.5. The van der Waals surface area contributed by atoms with E-state index in [1.165, 1.54) is 0 Å². The van der Waals surface area contributed by atoms with Gasteiger partial charge in [0.1, 0.15) is 0 Å². The summed E-state index contributed by atoms with van der Waals surface area (Å²) in [5.41, 5.74) is 6.43. The lowest BCUT2D eigenvalue weighted by molar-refractivity contribution is -0.138. The normalized spacial score (nSPS) is 9.68. The van der Waals surface area contributed by atoms with Crippen molar-refractivity contribution < 1.29 is 19.1 Å². The third-order valence-electron chi connectivity index (χ3n) is 5.50. The highest BCUT2D eigenvalue weighted by Crippen LogP contribution is 2.25. The maximum atomic E-state index is 11.0. The molecule has 0 fully saturated rings. The summed E-state index contributed by atoms with van der Waals surface area (Å²) >= 11 is 0. The molecule has 0 aliphatic heterocycles. The average molecular weight is 503 g/mol. The lowest BCUT2D eigenvalue weighted by Crippen LogP contribution is -2.01. The molecule has 0 bridgehead atoms.